The van der Waals surface area contributed by atoms with Crippen LogP contribution < -0.4 is 19.5 Å². The van der Waals surface area contributed by atoms with E-state index in [9.17, 15) is 13.2 Å². The van der Waals surface area contributed by atoms with Gasteiger partial charge in [-0.15, -0.1) is 0 Å². The second-order valence-corrected chi connectivity index (χ2v) is 9.00. The van der Waals surface area contributed by atoms with Gasteiger partial charge in [0.05, 0.1) is 19.4 Å². The summed E-state index contributed by atoms with van der Waals surface area (Å²) in [7, 11) is -0.120. The third-order valence-electron chi connectivity index (χ3n) is 4.23. The predicted molar refractivity (Wildman–Crippen MR) is 114 cm³/mol. The van der Waals surface area contributed by atoms with Gasteiger partial charge in [0.2, 0.25) is 10.0 Å². The summed E-state index contributed by atoms with van der Waals surface area (Å²) in [5.74, 6) is 1.70. The van der Waals surface area contributed by atoms with Gasteiger partial charge in [0.1, 0.15) is 23.9 Å². The average Bonchev–Trinajstić information content (AvgIpc) is 2.71. The lowest BCUT2D eigenvalue weighted by atomic mass is 10.2. The molecule has 2 aromatic rings. The first-order chi connectivity index (χ1) is 14.2. The van der Waals surface area contributed by atoms with Crippen molar-refractivity contribution in [3.05, 3.63) is 54.1 Å². The Morgan fingerprint density at radius 1 is 1.00 bits per heavy atom. The zero-order valence-corrected chi connectivity index (χ0v) is 18.4. The van der Waals surface area contributed by atoms with Crippen LogP contribution in [0, 0.1) is 0 Å². The van der Waals surface area contributed by atoms with Gasteiger partial charge in [0.15, 0.2) is 6.61 Å². The van der Waals surface area contributed by atoms with Gasteiger partial charge in [0, 0.05) is 13.6 Å². The number of nitrogens with zero attached hydrogens (tertiary/aromatic N) is 1. The number of amides is 1. The van der Waals surface area contributed by atoms with E-state index in [-0.39, 0.29) is 25.1 Å². The summed E-state index contributed by atoms with van der Waals surface area (Å²) in [5, 5.41) is 2.81. The van der Waals surface area contributed by atoms with Crippen molar-refractivity contribution in [2.75, 3.05) is 33.6 Å². The molecule has 0 aliphatic carbocycles. The topological polar surface area (TPSA) is 94.2 Å². The molecule has 0 heterocycles. The highest BCUT2D eigenvalue weighted by Crippen LogP contribution is 2.17. The second kappa shape index (κ2) is 10.8. The number of hydrogen-bond acceptors (Lipinski definition) is 6. The summed E-state index contributed by atoms with van der Waals surface area (Å²) in [6.45, 7) is 2.30. The fourth-order valence-electron chi connectivity index (χ4n) is 2.47. The van der Waals surface area contributed by atoms with Crippen molar-refractivity contribution < 1.29 is 27.4 Å². The van der Waals surface area contributed by atoms with Crippen LogP contribution in [-0.2, 0) is 21.4 Å². The number of ether oxygens (including phenoxy) is 3. The van der Waals surface area contributed by atoms with E-state index in [4.69, 9.17) is 14.2 Å². The van der Waals surface area contributed by atoms with Crippen LogP contribution in [0.25, 0.3) is 0 Å². The summed E-state index contributed by atoms with van der Waals surface area (Å²) in [6.07, 6.45) is 1.16. The summed E-state index contributed by atoms with van der Waals surface area (Å²) in [6, 6.07) is 13.9. The van der Waals surface area contributed by atoms with Crippen molar-refractivity contribution in [1.29, 1.82) is 0 Å². The first kappa shape index (κ1) is 23.5. The summed E-state index contributed by atoms with van der Waals surface area (Å²) in [5.41, 5.74) is 0.823. The first-order valence-corrected chi connectivity index (χ1v) is 11.2. The van der Waals surface area contributed by atoms with Crippen molar-refractivity contribution in [2.45, 2.75) is 19.5 Å². The molecule has 1 N–H and O–H groups in total. The molecule has 2 aromatic carbocycles. The number of methoxy groups -OCH3 is 1. The predicted octanol–water partition coefficient (Wildman–Crippen LogP) is 2.05. The molecule has 164 valence electrons. The van der Waals surface area contributed by atoms with E-state index in [0.717, 1.165) is 17.6 Å². The van der Waals surface area contributed by atoms with Crippen molar-refractivity contribution in [3.63, 3.8) is 0 Å². The lowest BCUT2D eigenvalue weighted by Crippen LogP contribution is -2.39. The fourth-order valence-corrected chi connectivity index (χ4v) is 2.85. The van der Waals surface area contributed by atoms with Gasteiger partial charge in [0.25, 0.3) is 5.91 Å². The molecule has 0 saturated heterocycles. The van der Waals surface area contributed by atoms with Gasteiger partial charge in [-0.2, -0.15) is 0 Å². The number of nitrogens with one attached hydrogen (secondary N) is 1. The van der Waals surface area contributed by atoms with Gasteiger partial charge >= 0.3 is 0 Å². The molecule has 0 aromatic heterocycles. The largest absolute Gasteiger partial charge is 0.497 e. The maximum Gasteiger partial charge on any atom is 0.258 e. The Bertz CT molecular complexity index is 914. The Morgan fingerprint density at radius 2 is 1.53 bits per heavy atom. The Labute approximate surface area is 177 Å². The molecule has 1 amide bonds. The van der Waals surface area contributed by atoms with Crippen molar-refractivity contribution in [3.8, 4) is 17.2 Å². The third kappa shape index (κ3) is 7.92. The van der Waals surface area contributed by atoms with Crippen LogP contribution in [0.5, 0.6) is 17.2 Å². The van der Waals surface area contributed by atoms with E-state index >= 15 is 0 Å². The highest BCUT2D eigenvalue weighted by molar-refractivity contribution is 7.88. The number of hydrogen-bond donors (Lipinski definition) is 1. The number of rotatable bonds is 11. The molecular weight excluding hydrogens is 408 g/mol. The Balaban J connectivity index is 1.72. The number of benzene rings is 2. The molecule has 0 bridgehead atoms. The van der Waals surface area contributed by atoms with Crippen LogP contribution in [0.1, 0.15) is 12.5 Å². The lowest BCUT2D eigenvalue weighted by Gasteiger charge is -2.16. The van der Waals surface area contributed by atoms with E-state index in [0.29, 0.717) is 18.1 Å². The number of sulfonamides is 1. The third-order valence-corrected chi connectivity index (χ3v) is 5.49. The number of carbonyl (C=O) groups is 1. The molecule has 1 atom stereocenters. The molecule has 8 nitrogen and oxygen atoms in total. The second-order valence-electron chi connectivity index (χ2n) is 6.91. The smallest absolute Gasteiger partial charge is 0.258 e. The highest BCUT2D eigenvalue weighted by Gasteiger charge is 2.12. The minimum absolute atomic E-state index is 0.129. The van der Waals surface area contributed by atoms with Gasteiger partial charge in [-0.1, -0.05) is 12.1 Å². The Morgan fingerprint density at radius 3 is 2.10 bits per heavy atom. The molecule has 30 heavy (non-hydrogen) atoms. The fraction of sp³-hybridized carbons (Fsp3) is 0.381. The van der Waals surface area contributed by atoms with Crippen molar-refractivity contribution in [2.24, 2.45) is 0 Å². The Kier molecular flexibility index (Phi) is 8.49. The van der Waals surface area contributed by atoms with Crippen LogP contribution in [0.2, 0.25) is 0 Å². The molecule has 0 radical (unpaired) electrons. The van der Waals surface area contributed by atoms with Crippen LogP contribution in [0.3, 0.4) is 0 Å². The quantitative estimate of drug-likeness (QED) is 0.579. The van der Waals surface area contributed by atoms with E-state index in [1.807, 2.05) is 6.92 Å². The minimum atomic E-state index is -3.24. The Hall–Kier alpha value is -2.78. The molecule has 0 aliphatic rings. The molecule has 0 saturated carbocycles. The first-order valence-electron chi connectivity index (χ1n) is 9.36. The van der Waals surface area contributed by atoms with Crippen LogP contribution in [0.4, 0.5) is 0 Å². The summed E-state index contributed by atoms with van der Waals surface area (Å²) < 4.78 is 40.4. The van der Waals surface area contributed by atoms with E-state index in [2.05, 4.69) is 5.32 Å². The number of carbonyl (C=O) groups excluding carboxylic acids is 1. The van der Waals surface area contributed by atoms with Crippen LogP contribution in [0.15, 0.2) is 48.5 Å². The van der Waals surface area contributed by atoms with E-state index in [1.165, 1.54) is 11.4 Å². The SMILES string of the molecule is COc1ccc(OCC(C)NC(=O)COc2ccc(CN(C)S(C)(=O)=O)cc2)cc1. The average molecular weight is 437 g/mol. The van der Waals surface area contributed by atoms with Crippen molar-refractivity contribution in [1.82, 2.24) is 9.62 Å². The highest BCUT2D eigenvalue weighted by atomic mass is 32.2. The normalized spacial score (nSPS) is 12.3. The lowest BCUT2D eigenvalue weighted by molar-refractivity contribution is -0.123. The maximum atomic E-state index is 12.1. The zero-order valence-electron chi connectivity index (χ0n) is 17.6. The molecule has 2 rings (SSSR count). The minimum Gasteiger partial charge on any atom is -0.497 e. The van der Waals surface area contributed by atoms with Crippen molar-refractivity contribution >= 4 is 15.9 Å². The molecule has 0 fully saturated rings. The molecule has 0 spiro atoms. The molecule has 1 unspecified atom stereocenters. The van der Waals surface area contributed by atoms with Crippen LogP contribution >= 0.6 is 0 Å². The maximum absolute atomic E-state index is 12.1. The van der Waals surface area contributed by atoms with Gasteiger partial charge < -0.3 is 19.5 Å². The van der Waals surface area contributed by atoms with Gasteiger partial charge in [-0.25, -0.2) is 12.7 Å². The van der Waals surface area contributed by atoms with Gasteiger partial charge in [-0.05, 0) is 48.9 Å². The molecule has 0 aliphatic heterocycles. The standard InChI is InChI=1S/C21H28N2O6S/c1-16(14-28-20-11-9-18(27-3)10-12-20)22-21(24)15-29-19-7-5-17(6-8-19)13-23(2)30(4,25)26/h5-12,16H,13-15H2,1-4H3,(H,22,24). The van der Waals surface area contributed by atoms with E-state index < -0.39 is 10.0 Å². The van der Waals surface area contributed by atoms with E-state index in [1.54, 1.807) is 55.6 Å². The summed E-state index contributed by atoms with van der Waals surface area (Å²) >= 11 is 0. The zero-order chi connectivity index (χ0) is 22.1. The summed E-state index contributed by atoms with van der Waals surface area (Å²) in [4.78, 5) is 12.1. The monoisotopic (exact) mass is 436 g/mol. The molecule has 9 heteroatoms. The molecular formula is C21H28N2O6S. The van der Waals surface area contributed by atoms with Crippen LogP contribution in [-0.4, -0.2) is 58.3 Å². The van der Waals surface area contributed by atoms with Gasteiger partial charge in [-0.3, -0.25) is 4.79 Å².